The summed E-state index contributed by atoms with van der Waals surface area (Å²) in [6.45, 7) is 3.20. The number of hydrogen-bond donors (Lipinski definition) is 0. The molecule has 3 rings (SSSR count). The Morgan fingerprint density at radius 1 is 1.39 bits per heavy atom. The molecule has 1 aliphatic heterocycles. The van der Waals surface area contributed by atoms with Gasteiger partial charge in [0.1, 0.15) is 5.01 Å². The zero-order valence-corrected chi connectivity index (χ0v) is 14.1. The molecule has 0 bridgehead atoms. The largest absolute Gasteiger partial charge is 0.333 e. The predicted octanol–water partition coefficient (Wildman–Crippen LogP) is 2.76. The van der Waals surface area contributed by atoms with Crippen LogP contribution < -0.4 is 5.56 Å². The van der Waals surface area contributed by atoms with Crippen LogP contribution in [0.15, 0.2) is 34.6 Å². The molecule has 5 nitrogen and oxygen atoms in total. The fraction of sp³-hybridized carbons (Fsp3) is 0.471. The Morgan fingerprint density at radius 3 is 3.00 bits per heavy atom. The first-order valence-electron chi connectivity index (χ1n) is 8.02. The Labute approximate surface area is 139 Å². The van der Waals surface area contributed by atoms with Crippen LogP contribution in [0.3, 0.4) is 0 Å². The summed E-state index contributed by atoms with van der Waals surface area (Å²) in [6, 6.07) is 5.15. The number of piperidine rings is 1. The number of thiazole rings is 1. The second-order valence-electron chi connectivity index (χ2n) is 5.91. The number of carbonyl (C=O) groups excluding carboxylic acids is 1. The van der Waals surface area contributed by atoms with Gasteiger partial charge in [-0.3, -0.25) is 9.59 Å². The van der Waals surface area contributed by atoms with E-state index in [1.54, 1.807) is 28.2 Å². The van der Waals surface area contributed by atoms with E-state index in [-0.39, 0.29) is 17.5 Å². The minimum Gasteiger partial charge on any atom is -0.333 e. The Morgan fingerprint density at radius 2 is 2.26 bits per heavy atom. The fourth-order valence-corrected chi connectivity index (χ4v) is 3.96. The van der Waals surface area contributed by atoms with Gasteiger partial charge in [0.25, 0.3) is 5.56 Å². The molecule has 2 aromatic rings. The van der Waals surface area contributed by atoms with Crippen molar-refractivity contribution in [3.05, 3.63) is 50.8 Å². The fourth-order valence-electron chi connectivity index (χ4n) is 3.02. The van der Waals surface area contributed by atoms with Gasteiger partial charge in [0.05, 0.1) is 6.04 Å². The molecule has 1 saturated heterocycles. The maximum Gasteiger partial charge on any atom is 0.250 e. The van der Waals surface area contributed by atoms with Crippen LogP contribution in [0.4, 0.5) is 0 Å². The molecule has 0 aliphatic carbocycles. The molecule has 1 aliphatic rings. The quantitative estimate of drug-likeness (QED) is 0.865. The van der Waals surface area contributed by atoms with Crippen molar-refractivity contribution in [2.75, 3.05) is 6.54 Å². The van der Waals surface area contributed by atoms with E-state index in [0.717, 1.165) is 36.5 Å². The van der Waals surface area contributed by atoms with Crippen LogP contribution in [-0.2, 0) is 11.3 Å². The Bertz CT molecular complexity index is 737. The summed E-state index contributed by atoms with van der Waals surface area (Å²) in [6.07, 6.45) is 5.23. The number of rotatable bonds is 4. The van der Waals surface area contributed by atoms with Crippen LogP contribution in [0.1, 0.15) is 42.4 Å². The van der Waals surface area contributed by atoms with Crippen LogP contribution in [0, 0.1) is 6.92 Å². The topological polar surface area (TPSA) is 55.2 Å². The molecular formula is C17H21N3O2S. The normalized spacial score (nSPS) is 18.1. The Hall–Kier alpha value is -1.95. The third kappa shape index (κ3) is 3.69. The second kappa shape index (κ2) is 7.08. The van der Waals surface area contributed by atoms with Gasteiger partial charge in [-0.15, -0.1) is 11.3 Å². The van der Waals surface area contributed by atoms with E-state index >= 15 is 0 Å². The van der Waals surface area contributed by atoms with Gasteiger partial charge in [0.2, 0.25) is 5.91 Å². The third-order valence-corrected chi connectivity index (χ3v) is 5.27. The van der Waals surface area contributed by atoms with Gasteiger partial charge in [-0.1, -0.05) is 6.07 Å². The van der Waals surface area contributed by atoms with Crippen molar-refractivity contribution in [2.24, 2.45) is 0 Å². The summed E-state index contributed by atoms with van der Waals surface area (Å²) in [7, 11) is 0. The summed E-state index contributed by atoms with van der Waals surface area (Å²) in [5.74, 6) is 0.110. The molecule has 0 aromatic carbocycles. The highest BCUT2D eigenvalue weighted by molar-refractivity contribution is 7.09. The number of aromatic nitrogens is 2. The van der Waals surface area contributed by atoms with Crippen LogP contribution in [-0.4, -0.2) is 26.9 Å². The highest BCUT2D eigenvalue weighted by atomic mass is 32.1. The maximum atomic E-state index is 12.7. The number of likely N-dealkylation sites (tertiary alicyclic amines) is 1. The van der Waals surface area contributed by atoms with Crippen molar-refractivity contribution in [3.63, 3.8) is 0 Å². The molecule has 1 atom stereocenters. The van der Waals surface area contributed by atoms with E-state index < -0.39 is 0 Å². The highest BCUT2D eigenvalue weighted by Gasteiger charge is 2.29. The lowest BCUT2D eigenvalue weighted by atomic mass is 10.0. The monoisotopic (exact) mass is 331 g/mol. The molecule has 122 valence electrons. The summed E-state index contributed by atoms with van der Waals surface area (Å²) in [4.78, 5) is 30.9. The number of nitrogens with zero attached hydrogens (tertiary/aromatic N) is 3. The third-order valence-electron chi connectivity index (χ3n) is 4.21. The van der Waals surface area contributed by atoms with Crippen molar-refractivity contribution in [1.29, 1.82) is 0 Å². The second-order valence-corrected chi connectivity index (χ2v) is 6.80. The van der Waals surface area contributed by atoms with Crippen molar-refractivity contribution in [1.82, 2.24) is 14.5 Å². The molecule has 1 amide bonds. The number of amides is 1. The summed E-state index contributed by atoms with van der Waals surface area (Å²) in [5.41, 5.74) is 0.949. The van der Waals surface area contributed by atoms with E-state index in [4.69, 9.17) is 0 Å². The van der Waals surface area contributed by atoms with E-state index in [1.807, 2.05) is 23.3 Å². The first-order valence-corrected chi connectivity index (χ1v) is 8.90. The molecule has 0 N–H and O–H groups in total. The highest BCUT2D eigenvalue weighted by Crippen LogP contribution is 2.33. The van der Waals surface area contributed by atoms with E-state index in [1.165, 1.54) is 6.07 Å². The SMILES string of the molecule is Cc1csc(C2CCCCN2C(=O)CCn2ccccc2=O)n1. The molecule has 3 heterocycles. The van der Waals surface area contributed by atoms with Crippen LogP contribution in [0.2, 0.25) is 0 Å². The van der Waals surface area contributed by atoms with Crippen molar-refractivity contribution < 1.29 is 4.79 Å². The average Bonchev–Trinajstić information content (AvgIpc) is 3.00. The average molecular weight is 331 g/mol. The Kier molecular flexibility index (Phi) is 4.91. The summed E-state index contributed by atoms with van der Waals surface area (Å²) in [5, 5.41) is 3.07. The minimum atomic E-state index is -0.0638. The zero-order chi connectivity index (χ0) is 16.2. The van der Waals surface area contributed by atoms with Crippen molar-refractivity contribution >= 4 is 17.2 Å². The van der Waals surface area contributed by atoms with Crippen molar-refractivity contribution in [2.45, 2.75) is 45.2 Å². The number of hydrogen-bond acceptors (Lipinski definition) is 4. The van der Waals surface area contributed by atoms with Gasteiger partial charge in [0.15, 0.2) is 0 Å². The molecular weight excluding hydrogens is 310 g/mol. The number of aryl methyl sites for hydroxylation is 2. The van der Waals surface area contributed by atoms with Gasteiger partial charge in [0, 0.05) is 42.8 Å². The standard InChI is InChI=1S/C17H21N3O2S/c1-13-12-23-17(18-13)14-6-2-5-10-20(14)16(22)8-11-19-9-4-3-7-15(19)21/h3-4,7,9,12,14H,2,5-6,8,10-11H2,1H3. The van der Waals surface area contributed by atoms with Crippen LogP contribution in [0.5, 0.6) is 0 Å². The lowest BCUT2D eigenvalue weighted by Crippen LogP contribution is -2.39. The van der Waals surface area contributed by atoms with Gasteiger partial charge in [-0.25, -0.2) is 4.98 Å². The van der Waals surface area contributed by atoms with Crippen molar-refractivity contribution in [3.8, 4) is 0 Å². The molecule has 0 radical (unpaired) electrons. The van der Waals surface area contributed by atoms with E-state index in [0.29, 0.717) is 13.0 Å². The zero-order valence-electron chi connectivity index (χ0n) is 13.3. The predicted molar refractivity (Wildman–Crippen MR) is 90.5 cm³/mol. The lowest BCUT2D eigenvalue weighted by molar-refractivity contribution is -0.135. The lowest BCUT2D eigenvalue weighted by Gasteiger charge is -2.34. The van der Waals surface area contributed by atoms with E-state index in [2.05, 4.69) is 4.98 Å². The number of pyridine rings is 1. The van der Waals surface area contributed by atoms with Gasteiger partial charge < -0.3 is 9.47 Å². The molecule has 1 unspecified atom stereocenters. The molecule has 2 aromatic heterocycles. The van der Waals surface area contributed by atoms with Gasteiger partial charge >= 0.3 is 0 Å². The molecule has 1 fully saturated rings. The molecule has 6 heteroatoms. The maximum absolute atomic E-state index is 12.7. The summed E-state index contributed by atoms with van der Waals surface area (Å²) < 4.78 is 1.59. The first kappa shape index (κ1) is 15.9. The smallest absolute Gasteiger partial charge is 0.250 e. The molecule has 0 spiro atoms. The van der Waals surface area contributed by atoms with Crippen LogP contribution >= 0.6 is 11.3 Å². The first-order chi connectivity index (χ1) is 11.1. The van der Waals surface area contributed by atoms with Crippen LogP contribution in [0.25, 0.3) is 0 Å². The molecule has 23 heavy (non-hydrogen) atoms. The minimum absolute atomic E-state index is 0.0638. The Balaban J connectivity index is 1.69. The number of carbonyl (C=O) groups is 1. The summed E-state index contributed by atoms with van der Waals surface area (Å²) >= 11 is 1.63. The van der Waals surface area contributed by atoms with Gasteiger partial charge in [-0.2, -0.15) is 0 Å². The van der Waals surface area contributed by atoms with E-state index in [9.17, 15) is 9.59 Å². The molecule has 0 saturated carbocycles. The van der Waals surface area contributed by atoms with Gasteiger partial charge in [-0.05, 0) is 32.3 Å².